The molecular formula is C15H29NO2. The van der Waals surface area contributed by atoms with E-state index in [9.17, 15) is 9.90 Å². The van der Waals surface area contributed by atoms with E-state index in [1.807, 2.05) is 0 Å². The van der Waals surface area contributed by atoms with Gasteiger partial charge in [-0.05, 0) is 44.7 Å². The molecule has 1 fully saturated rings. The highest BCUT2D eigenvalue weighted by Gasteiger charge is 2.38. The molecule has 0 aliphatic carbocycles. The van der Waals surface area contributed by atoms with Crippen molar-refractivity contribution in [1.29, 1.82) is 0 Å². The number of carbonyl (C=O) groups is 1. The number of piperidine rings is 1. The van der Waals surface area contributed by atoms with Crippen molar-refractivity contribution < 1.29 is 9.90 Å². The van der Waals surface area contributed by atoms with Gasteiger partial charge in [-0.3, -0.25) is 9.69 Å². The van der Waals surface area contributed by atoms with Gasteiger partial charge in [0.1, 0.15) is 0 Å². The molecule has 2 unspecified atom stereocenters. The minimum atomic E-state index is -0.647. The van der Waals surface area contributed by atoms with E-state index in [-0.39, 0.29) is 5.54 Å². The van der Waals surface area contributed by atoms with Gasteiger partial charge >= 0.3 is 5.97 Å². The molecule has 0 aromatic rings. The molecule has 0 amide bonds. The van der Waals surface area contributed by atoms with Crippen LogP contribution in [-0.2, 0) is 4.79 Å². The Morgan fingerprint density at radius 1 is 1.28 bits per heavy atom. The summed E-state index contributed by atoms with van der Waals surface area (Å²) in [5.74, 6) is -0.0445. The Hall–Kier alpha value is -0.570. The van der Waals surface area contributed by atoms with Crippen LogP contribution in [0.1, 0.15) is 65.7 Å². The molecule has 106 valence electrons. The lowest BCUT2D eigenvalue weighted by Gasteiger charge is -2.46. The zero-order chi connectivity index (χ0) is 13.6. The van der Waals surface area contributed by atoms with Crippen LogP contribution in [0, 0.1) is 5.92 Å². The number of nitrogens with zero attached hydrogens (tertiary/aromatic N) is 1. The first kappa shape index (κ1) is 15.5. The molecule has 1 N–H and O–H groups in total. The van der Waals surface area contributed by atoms with Crippen LogP contribution in [-0.4, -0.2) is 34.6 Å². The van der Waals surface area contributed by atoms with Crippen LogP contribution < -0.4 is 0 Å². The topological polar surface area (TPSA) is 40.5 Å². The smallest absolute Gasteiger partial charge is 0.305 e. The van der Waals surface area contributed by atoms with E-state index in [0.717, 1.165) is 32.4 Å². The zero-order valence-electron chi connectivity index (χ0n) is 12.2. The van der Waals surface area contributed by atoms with Gasteiger partial charge in [0, 0.05) is 5.54 Å². The summed E-state index contributed by atoms with van der Waals surface area (Å²) in [5, 5.41) is 9.27. The van der Waals surface area contributed by atoms with Crippen LogP contribution in [0.15, 0.2) is 0 Å². The Morgan fingerprint density at radius 3 is 2.33 bits per heavy atom. The summed E-state index contributed by atoms with van der Waals surface area (Å²) >= 11 is 0. The van der Waals surface area contributed by atoms with E-state index < -0.39 is 5.97 Å². The highest BCUT2D eigenvalue weighted by Crippen LogP contribution is 2.34. The van der Waals surface area contributed by atoms with Gasteiger partial charge in [-0.25, -0.2) is 0 Å². The maximum Gasteiger partial charge on any atom is 0.305 e. The van der Waals surface area contributed by atoms with E-state index in [4.69, 9.17) is 0 Å². The van der Waals surface area contributed by atoms with E-state index in [2.05, 4.69) is 25.7 Å². The lowest BCUT2D eigenvalue weighted by atomic mass is 9.79. The SMILES string of the molecule is CCC(C)CC(CC)(CC(=O)O)N1CCCCC1. The average Bonchev–Trinajstić information content (AvgIpc) is 2.38. The summed E-state index contributed by atoms with van der Waals surface area (Å²) in [6, 6.07) is 0. The minimum absolute atomic E-state index is 0.109. The molecular weight excluding hydrogens is 226 g/mol. The molecule has 0 aromatic carbocycles. The van der Waals surface area contributed by atoms with Crippen molar-refractivity contribution >= 4 is 5.97 Å². The van der Waals surface area contributed by atoms with Crippen molar-refractivity contribution in [2.24, 2.45) is 5.92 Å². The quantitative estimate of drug-likeness (QED) is 0.756. The van der Waals surface area contributed by atoms with Gasteiger partial charge in [-0.2, -0.15) is 0 Å². The van der Waals surface area contributed by atoms with Gasteiger partial charge in [0.2, 0.25) is 0 Å². The van der Waals surface area contributed by atoms with E-state index in [0.29, 0.717) is 12.3 Å². The summed E-state index contributed by atoms with van der Waals surface area (Å²) in [7, 11) is 0. The highest BCUT2D eigenvalue weighted by molar-refractivity contribution is 5.68. The number of carboxylic acid groups (broad SMARTS) is 1. The van der Waals surface area contributed by atoms with Crippen LogP contribution in [0.4, 0.5) is 0 Å². The molecule has 0 radical (unpaired) electrons. The number of carboxylic acids is 1. The van der Waals surface area contributed by atoms with Crippen molar-refractivity contribution in [1.82, 2.24) is 4.90 Å². The van der Waals surface area contributed by atoms with Crippen molar-refractivity contribution in [2.45, 2.75) is 71.3 Å². The third-order valence-electron chi connectivity index (χ3n) is 4.59. The number of likely N-dealkylation sites (tertiary alicyclic amines) is 1. The van der Waals surface area contributed by atoms with Crippen molar-refractivity contribution in [2.75, 3.05) is 13.1 Å². The minimum Gasteiger partial charge on any atom is -0.481 e. The van der Waals surface area contributed by atoms with E-state index in [1.165, 1.54) is 19.3 Å². The molecule has 3 nitrogen and oxygen atoms in total. The van der Waals surface area contributed by atoms with E-state index >= 15 is 0 Å². The first-order chi connectivity index (χ1) is 8.54. The van der Waals surface area contributed by atoms with Crippen LogP contribution >= 0.6 is 0 Å². The average molecular weight is 255 g/mol. The molecule has 1 heterocycles. The number of aliphatic carboxylic acids is 1. The van der Waals surface area contributed by atoms with Crippen molar-refractivity contribution in [3.63, 3.8) is 0 Å². The fourth-order valence-electron chi connectivity index (χ4n) is 3.25. The second-order valence-electron chi connectivity index (χ2n) is 5.91. The molecule has 2 atom stereocenters. The van der Waals surface area contributed by atoms with Gasteiger partial charge in [-0.15, -0.1) is 0 Å². The second-order valence-corrected chi connectivity index (χ2v) is 5.91. The van der Waals surface area contributed by atoms with Crippen molar-refractivity contribution in [3.05, 3.63) is 0 Å². The third-order valence-corrected chi connectivity index (χ3v) is 4.59. The third kappa shape index (κ3) is 3.98. The number of hydrogen-bond donors (Lipinski definition) is 1. The lowest BCUT2D eigenvalue weighted by molar-refractivity contribution is -0.141. The molecule has 1 aliphatic heterocycles. The van der Waals surface area contributed by atoms with Gasteiger partial charge in [0.05, 0.1) is 6.42 Å². The van der Waals surface area contributed by atoms with Crippen LogP contribution in [0.5, 0.6) is 0 Å². The Kier molecular flexibility index (Phi) is 6.13. The fraction of sp³-hybridized carbons (Fsp3) is 0.933. The second kappa shape index (κ2) is 7.13. The first-order valence-corrected chi connectivity index (χ1v) is 7.51. The molecule has 0 bridgehead atoms. The monoisotopic (exact) mass is 255 g/mol. The number of rotatable bonds is 7. The first-order valence-electron chi connectivity index (χ1n) is 7.51. The van der Waals surface area contributed by atoms with Crippen LogP contribution in [0.25, 0.3) is 0 Å². The lowest BCUT2D eigenvalue weighted by Crippen LogP contribution is -2.52. The maximum atomic E-state index is 11.3. The highest BCUT2D eigenvalue weighted by atomic mass is 16.4. The summed E-state index contributed by atoms with van der Waals surface area (Å²) in [6.07, 6.45) is 7.15. The van der Waals surface area contributed by atoms with Gasteiger partial charge in [0.25, 0.3) is 0 Å². The molecule has 0 aromatic heterocycles. The predicted octanol–water partition coefficient (Wildman–Crippen LogP) is 3.53. The molecule has 1 rings (SSSR count). The molecule has 0 saturated carbocycles. The molecule has 3 heteroatoms. The summed E-state index contributed by atoms with van der Waals surface area (Å²) < 4.78 is 0. The molecule has 1 aliphatic rings. The summed E-state index contributed by atoms with van der Waals surface area (Å²) in [5.41, 5.74) is -0.109. The molecule has 1 saturated heterocycles. The Morgan fingerprint density at radius 2 is 1.89 bits per heavy atom. The van der Waals surface area contributed by atoms with Gasteiger partial charge in [-0.1, -0.05) is 33.6 Å². The van der Waals surface area contributed by atoms with Crippen molar-refractivity contribution in [3.8, 4) is 0 Å². The van der Waals surface area contributed by atoms with Gasteiger partial charge < -0.3 is 5.11 Å². The van der Waals surface area contributed by atoms with Gasteiger partial charge in [0.15, 0.2) is 0 Å². The Bertz CT molecular complexity index is 261. The zero-order valence-corrected chi connectivity index (χ0v) is 12.2. The Labute approximate surface area is 112 Å². The maximum absolute atomic E-state index is 11.3. The van der Waals surface area contributed by atoms with Crippen LogP contribution in [0.3, 0.4) is 0 Å². The predicted molar refractivity (Wildman–Crippen MR) is 74.8 cm³/mol. The Balaban J connectivity index is 2.84. The van der Waals surface area contributed by atoms with Crippen LogP contribution in [0.2, 0.25) is 0 Å². The standard InChI is InChI=1S/C15H29NO2/c1-4-13(3)11-15(5-2,12-14(17)18)16-9-7-6-8-10-16/h13H,4-12H2,1-3H3,(H,17,18). The molecule has 18 heavy (non-hydrogen) atoms. The number of hydrogen-bond acceptors (Lipinski definition) is 2. The largest absolute Gasteiger partial charge is 0.481 e. The fourth-order valence-corrected chi connectivity index (χ4v) is 3.25. The normalized spacial score (nSPS) is 22.4. The summed E-state index contributed by atoms with van der Waals surface area (Å²) in [4.78, 5) is 13.7. The van der Waals surface area contributed by atoms with E-state index in [1.54, 1.807) is 0 Å². The molecule has 0 spiro atoms. The summed E-state index contributed by atoms with van der Waals surface area (Å²) in [6.45, 7) is 8.76.